The molecule has 108 valence electrons. The van der Waals surface area contributed by atoms with Crippen molar-refractivity contribution in [2.24, 2.45) is 0 Å². The first kappa shape index (κ1) is 13.8. The predicted octanol–water partition coefficient (Wildman–Crippen LogP) is 2.54. The molecule has 22 heavy (non-hydrogen) atoms. The fraction of sp³-hybridized carbons (Fsp3) is 0.118. The minimum Gasteiger partial charge on any atom is -0.355 e. The summed E-state index contributed by atoms with van der Waals surface area (Å²) in [4.78, 5) is 11.7. The number of aromatic nitrogens is 2. The van der Waals surface area contributed by atoms with Gasteiger partial charge in [0.2, 0.25) is 0 Å². The molecule has 0 aliphatic heterocycles. The average Bonchev–Trinajstić information content (AvgIpc) is 2.97. The van der Waals surface area contributed by atoms with E-state index in [1.165, 1.54) is 0 Å². The Kier molecular flexibility index (Phi) is 3.36. The van der Waals surface area contributed by atoms with Gasteiger partial charge in [-0.25, -0.2) is 4.52 Å². The Balaban J connectivity index is 2.07. The van der Waals surface area contributed by atoms with E-state index in [4.69, 9.17) is 5.26 Å². The van der Waals surface area contributed by atoms with Gasteiger partial charge in [-0.3, -0.25) is 4.79 Å². The Bertz CT molecular complexity index is 918. The van der Waals surface area contributed by atoms with Gasteiger partial charge < -0.3 is 5.32 Å². The first-order valence-electron chi connectivity index (χ1n) is 6.85. The molecule has 0 unspecified atom stereocenters. The van der Waals surface area contributed by atoms with Crippen LogP contribution in [0.3, 0.4) is 0 Å². The lowest BCUT2D eigenvalue weighted by Gasteiger charge is -2.00. The largest absolute Gasteiger partial charge is 0.355 e. The molecular weight excluding hydrogens is 276 g/mol. The Morgan fingerprint density at radius 2 is 2.09 bits per heavy atom. The maximum absolute atomic E-state index is 11.7. The van der Waals surface area contributed by atoms with Crippen molar-refractivity contribution >= 4 is 11.4 Å². The predicted molar refractivity (Wildman–Crippen MR) is 83.5 cm³/mol. The lowest BCUT2D eigenvalue weighted by Crippen LogP contribution is -2.17. The highest BCUT2D eigenvalue weighted by molar-refractivity contribution is 5.95. The molecule has 2 aromatic heterocycles. The molecule has 0 aliphatic carbocycles. The fourth-order valence-corrected chi connectivity index (χ4v) is 2.37. The highest BCUT2D eigenvalue weighted by Gasteiger charge is 2.09. The number of nitrogens with one attached hydrogen (secondary N) is 1. The van der Waals surface area contributed by atoms with Crippen molar-refractivity contribution in [1.29, 1.82) is 5.26 Å². The SMILES string of the molecule is CNC(=O)c1ccn2nc(-c3ccc(C#N)c(C)c3)cc2c1. The second kappa shape index (κ2) is 5.34. The summed E-state index contributed by atoms with van der Waals surface area (Å²) >= 11 is 0. The van der Waals surface area contributed by atoms with E-state index in [1.807, 2.05) is 25.1 Å². The van der Waals surface area contributed by atoms with Crippen LogP contribution in [0.15, 0.2) is 42.6 Å². The maximum atomic E-state index is 11.7. The van der Waals surface area contributed by atoms with Crippen LogP contribution in [-0.4, -0.2) is 22.6 Å². The van der Waals surface area contributed by atoms with Gasteiger partial charge in [-0.2, -0.15) is 10.4 Å². The molecule has 0 bridgehead atoms. The smallest absolute Gasteiger partial charge is 0.251 e. The van der Waals surface area contributed by atoms with Crippen LogP contribution in [0.25, 0.3) is 16.8 Å². The normalized spacial score (nSPS) is 10.4. The number of carbonyl (C=O) groups excluding carboxylic acids is 1. The van der Waals surface area contributed by atoms with E-state index in [2.05, 4.69) is 16.5 Å². The molecule has 1 aromatic carbocycles. The van der Waals surface area contributed by atoms with Crippen LogP contribution in [0.2, 0.25) is 0 Å². The van der Waals surface area contributed by atoms with Gasteiger partial charge in [0.25, 0.3) is 5.91 Å². The first-order valence-corrected chi connectivity index (χ1v) is 6.85. The molecule has 0 spiro atoms. The molecule has 1 amide bonds. The molecule has 3 rings (SSSR count). The summed E-state index contributed by atoms with van der Waals surface area (Å²) in [7, 11) is 1.61. The number of nitriles is 1. The van der Waals surface area contributed by atoms with E-state index in [-0.39, 0.29) is 5.91 Å². The van der Waals surface area contributed by atoms with Gasteiger partial charge in [-0.15, -0.1) is 0 Å². The molecule has 0 fully saturated rings. The van der Waals surface area contributed by atoms with Crippen molar-refractivity contribution in [3.63, 3.8) is 0 Å². The van der Waals surface area contributed by atoms with E-state index in [9.17, 15) is 4.79 Å². The van der Waals surface area contributed by atoms with Crippen LogP contribution < -0.4 is 5.32 Å². The molecule has 0 saturated heterocycles. The van der Waals surface area contributed by atoms with Crippen LogP contribution >= 0.6 is 0 Å². The van der Waals surface area contributed by atoms with E-state index in [0.29, 0.717) is 11.1 Å². The van der Waals surface area contributed by atoms with E-state index in [0.717, 1.165) is 22.3 Å². The van der Waals surface area contributed by atoms with E-state index < -0.39 is 0 Å². The van der Waals surface area contributed by atoms with Crippen molar-refractivity contribution < 1.29 is 4.79 Å². The van der Waals surface area contributed by atoms with E-state index >= 15 is 0 Å². The number of carbonyl (C=O) groups is 1. The van der Waals surface area contributed by atoms with Gasteiger partial charge in [0.1, 0.15) is 0 Å². The molecule has 0 radical (unpaired) electrons. The molecule has 5 heteroatoms. The second-order valence-corrected chi connectivity index (χ2v) is 5.04. The molecule has 1 N–H and O–H groups in total. The molecule has 3 aromatic rings. The Hall–Kier alpha value is -3.13. The minimum atomic E-state index is -0.125. The number of nitrogens with zero attached hydrogens (tertiary/aromatic N) is 3. The van der Waals surface area contributed by atoms with Crippen LogP contribution in [0.5, 0.6) is 0 Å². The van der Waals surface area contributed by atoms with E-state index in [1.54, 1.807) is 36.0 Å². The molecule has 0 atom stereocenters. The number of hydrogen-bond acceptors (Lipinski definition) is 3. The zero-order valence-electron chi connectivity index (χ0n) is 12.3. The van der Waals surface area contributed by atoms with Crippen LogP contribution in [0.1, 0.15) is 21.5 Å². The molecule has 2 heterocycles. The van der Waals surface area contributed by atoms with Gasteiger partial charge in [0.15, 0.2) is 0 Å². The summed E-state index contributed by atoms with van der Waals surface area (Å²) in [6, 6.07) is 13.2. The van der Waals surface area contributed by atoms with Crippen LogP contribution in [-0.2, 0) is 0 Å². The van der Waals surface area contributed by atoms with Crippen molar-refractivity contribution in [2.75, 3.05) is 7.05 Å². The number of fused-ring (bicyclic) bond motifs is 1. The summed E-state index contributed by atoms with van der Waals surface area (Å²) in [6.07, 6.45) is 1.76. The van der Waals surface area contributed by atoms with Crippen molar-refractivity contribution in [2.45, 2.75) is 6.92 Å². The fourth-order valence-electron chi connectivity index (χ4n) is 2.37. The number of aryl methyl sites for hydroxylation is 1. The van der Waals surface area contributed by atoms with Crippen LogP contribution in [0, 0.1) is 18.3 Å². The Labute approximate surface area is 127 Å². The van der Waals surface area contributed by atoms with Gasteiger partial charge in [0.05, 0.1) is 22.8 Å². The molecule has 5 nitrogen and oxygen atoms in total. The minimum absolute atomic E-state index is 0.125. The monoisotopic (exact) mass is 290 g/mol. The molecular formula is C17H14N4O. The van der Waals surface area contributed by atoms with Gasteiger partial charge in [0, 0.05) is 24.4 Å². The summed E-state index contributed by atoms with van der Waals surface area (Å²) in [5, 5.41) is 16.1. The third-order valence-corrected chi connectivity index (χ3v) is 3.60. The lowest BCUT2D eigenvalue weighted by atomic mass is 10.0. The quantitative estimate of drug-likeness (QED) is 0.788. The first-order chi connectivity index (χ1) is 10.6. The van der Waals surface area contributed by atoms with Crippen molar-refractivity contribution in [3.8, 4) is 17.3 Å². The topological polar surface area (TPSA) is 70.2 Å². The molecule has 0 saturated carbocycles. The standard InChI is InChI=1S/C17H14N4O/c1-11-7-12(3-4-14(11)10-18)16-9-15-8-13(17(22)19-2)5-6-21(15)20-16/h3-9H,1-2H3,(H,19,22). The summed E-state index contributed by atoms with van der Waals surface area (Å²) in [6.45, 7) is 1.90. The summed E-state index contributed by atoms with van der Waals surface area (Å²) in [5.41, 5.74) is 4.77. The highest BCUT2D eigenvalue weighted by atomic mass is 16.1. The number of pyridine rings is 1. The van der Waals surface area contributed by atoms with Crippen molar-refractivity contribution in [3.05, 3.63) is 59.3 Å². The van der Waals surface area contributed by atoms with Gasteiger partial charge in [-0.05, 0) is 42.8 Å². The Morgan fingerprint density at radius 3 is 2.77 bits per heavy atom. The number of amides is 1. The number of hydrogen-bond donors (Lipinski definition) is 1. The number of rotatable bonds is 2. The lowest BCUT2D eigenvalue weighted by molar-refractivity contribution is 0.0963. The summed E-state index contributed by atoms with van der Waals surface area (Å²) in [5.74, 6) is -0.125. The maximum Gasteiger partial charge on any atom is 0.251 e. The van der Waals surface area contributed by atoms with Gasteiger partial charge in [-0.1, -0.05) is 6.07 Å². The van der Waals surface area contributed by atoms with Gasteiger partial charge >= 0.3 is 0 Å². The Morgan fingerprint density at radius 1 is 1.27 bits per heavy atom. The number of benzene rings is 1. The third-order valence-electron chi connectivity index (χ3n) is 3.60. The zero-order chi connectivity index (χ0) is 15.7. The second-order valence-electron chi connectivity index (χ2n) is 5.04. The third kappa shape index (κ3) is 2.31. The molecule has 0 aliphatic rings. The zero-order valence-corrected chi connectivity index (χ0v) is 12.3. The highest BCUT2D eigenvalue weighted by Crippen LogP contribution is 2.22. The van der Waals surface area contributed by atoms with Crippen LogP contribution in [0.4, 0.5) is 0 Å². The van der Waals surface area contributed by atoms with Crippen molar-refractivity contribution in [1.82, 2.24) is 14.9 Å². The summed E-state index contributed by atoms with van der Waals surface area (Å²) < 4.78 is 1.73. The average molecular weight is 290 g/mol.